The number of hydrogen-bond acceptors (Lipinski definition) is 2. The maximum Gasteiger partial charge on any atom is 0.0453 e. The topological polar surface area (TPSA) is 29.3 Å². The van der Waals surface area contributed by atoms with Gasteiger partial charge in [-0.2, -0.15) is 0 Å². The van der Waals surface area contributed by atoms with Crippen molar-refractivity contribution in [1.29, 1.82) is 0 Å². The van der Waals surface area contributed by atoms with Gasteiger partial charge in [-0.05, 0) is 30.5 Å². The van der Waals surface area contributed by atoms with Crippen molar-refractivity contribution in [3.05, 3.63) is 71.8 Å². The molecule has 1 aliphatic heterocycles. The largest absolute Gasteiger partial charge is 0.323 e. The van der Waals surface area contributed by atoms with Gasteiger partial charge in [0.05, 0.1) is 0 Å². The molecule has 1 aliphatic rings. The molecule has 2 aromatic rings. The Morgan fingerprint density at radius 3 is 2.35 bits per heavy atom. The number of likely N-dealkylation sites (tertiary alicyclic amines) is 1. The lowest BCUT2D eigenvalue weighted by Crippen LogP contribution is -2.37. The molecule has 1 saturated heterocycles. The smallest absolute Gasteiger partial charge is 0.0453 e. The van der Waals surface area contributed by atoms with Crippen molar-refractivity contribution in [1.82, 2.24) is 4.90 Å². The van der Waals surface area contributed by atoms with Gasteiger partial charge in [0.1, 0.15) is 0 Å². The summed E-state index contributed by atoms with van der Waals surface area (Å²) in [5, 5.41) is 0. The minimum absolute atomic E-state index is 0.113. The molecule has 0 amide bonds. The lowest BCUT2D eigenvalue weighted by Gasteiger charge is -2.29. The minimum atomic E-state index is 0.113. The van der Waals surface area contributed by atoms with Gasteiger partial charge in [-0.25, -0.2) is 0 Å². The van der Waals surface area contributed by atoms with Crippen LogP contribution in [0.4, 0.5) is 0 Å². The van der Waals surface area contributed by atoms with Crippen molar-refractivity contribution in [3.63, 3.8) is 0 Å². The second-order valence-electron chi connectivity index (χ2n) is 5.60. The Morgan fingerprint density at radius 2 is 1.65 bits per heavy atom. The van der Waals surface area contributed by atoms with E-state index in [1.807, 2.05) is 6.07 Å². The highest BCUT2D eigenvalue weighted by atomic mass is 15.2. The Balaban J connectivity index is 1.72. The standard InChI is InChI=1S/C18H22N2/c19-18(16-10-5-2-6-11-16)17-12-7-13-20(17)14-15-8-3-1-4-9-15/h1-6,8-11,17-18H,7,12-14,19H2/t17-,18-/m0/s1. The summed E-state index contributed by atoms with van der Waals surface area (Å²) in [5.74, 6) is 0. The number of nitrogens with zero attached hydrogens (tertiary/aromatic N) is 1. The number of hydrogen-bond donors (Lipinski definition) is 1. The summed E-state index contributed by atoms with van der Waals surface area (Å²) in [7, 11) is 0. The Morgan fingerprint density at radius 1 is 1.00 bits per heavy atom. The fraction of sp³-hybridized carbons (Fsp3) is 0.333. The van der Waals surface area contributed by atoms with Gasteiger partial charge in [-0.3, -0.25) is 4.90 Å². The van der Waals surface area contributed by atoms with Gasteiger partial charge in [-0.1, -0.05) is 60.7 Å². The minimum Gasteiger partial charge on any atom is -0.323 e. The van der Waals surface area contributed by atoms with E-state index in [4.69, 9.17) is 5.73 Å². The molecule has 0 radical (unpaired) electrons. The molecule has 104 valence electrons. The van der Waals surface area contributed by atoms with Crippen LogP contribution in [0, 0.1) is 0 Å². The van der Waals surface area contributed by atoms with Gasteiger partial charge in [0.25, 0.3) is 0 Å². The van der Waals surface area contributed by atoms with Gasteiger partial charge in [-0.15, -0.1) is 0 Å². The molecule has 2 aromatic carbocycles. The van der Waals surface area contributed by atoms with Crippen LogP contribution < -0.4 is 5.73 Å². The molecule has 2 nitrogen and oxygen atoms in total. The molecular weight excluding hydrogens is 244 g/mol. The summed E-state index contributed by atoms with van der Waals surface area (Å²) < 4.78 is 0. The number of benzene rings is 2. The summed E-state index contributed by atoms with van der Waals surface area (Å²) in [6.07, 6.45) is 2.45. The van der Waals surface area contributed by atoms with Crippen molar-refractivity contribution < 1.29 is 0 Å². The molecular formula is C18H22N2. The molecule has 0 spiro atoms. The number of nitrogens with two attached hydrogens (primary N) is 1. The monoisotopic (exact) mass is 266 g/mol. The van der Waals surface area contributed by atoms with E-state index in [9.17, 15) is 0 Å². The molecule has 0 saturated carbocycles. The number of rotatable bonds is 4. The van der Waals surface area contributed by atoms with Crippen LogP contribution in [0.3, 0.4) is 0 Å². The molecule has 0 aromatic heterocycles. The summed E-state index contributed by atoms with van der Waals surface area (Å²) in [6, 6.07) is 21.7. The second-order valence-corrected chi connectivity index (χ2v) is 5.60. The quantitative estimate of drug-likeness (QED) is 0.919. The molecule has 2 atom stereocenters. The average molecular weight is 266 g/mol. The molecule has 2 N–H and O–H groups in total. The summed E-state index contributed by atoms with van der Waals surface area (Å²) in [5.41, 5.74) is 9.13. The third-order valence-electron chi connectivity index (χ3n) is 4.24. The van der Waals surface area contributed by atoms with Gasteiger partial charge in [0.2, 0.25) is 0 Å². The van der Waals surface area contributed by atoms with Crippen LogP contribution in [0.25, 0.3) is 0 Å². The normalized spacial score (nSPS) is 20.9. The van der Waals surface area contributed by atoms with E-state index in [2.05, 4.69) is 59.5 Å². The van der Waals surface area contributed by atoms with E-state index in [1.165, 1.54) is 24.0 Å². The maximum absolute atomic E-state index is 6.50. The van der Waals surface area contributed by atoms with E-state index in [0.29, 0.717) is 6.04 Å². The van der Waals surface area contributed by atoms with Crippen LogP contribution in [0.2, 0.25) is 0 Å². The van der Waals surface area contributed by atoms with Gasteiger partial charge >= 0.3 is 0 Å². The van der Waals surface area contributed by atoms with Gasteiger partial charge in [0.15, 0.2) is 0 Å². The Bertz CT molecular complexity index is 524. The van der Waals surface area contributed by atoms with Crippen molar-refractivity contribution in [2.45, 2.75) is 31.5 Å². The van der Waals surface area contributed by atoms with Crippen LogP contribution in [0.1, 0.15) is 30.0 Å². The molecule has 0 unspecified atom stereocenters. The van der Waals surface area contributed by atoms with Crippen molar-refractivity contribution in [2.75, 3.05) is 6.54 Å². The molecule has 0 bridgehead atoms. The van der Waals surface area contributed by atoms with Crippen LogP contribution in [-0.4, -0.2) is 17.5 Å². The van der Waals surface area contributed by atoms with Crippen LogP contribution >= 0.6 is 0 Å². The molecule has 3 rings (SSSR count). The summed E-state index contributed by atoms with van der Waals surface area (Å²) >= 11 is 0. The van der Waals surface area contributed by atoms with Crippen molar-refractivity contribution in [3.8, 4) is 0 Å². The molecule has 0 aliphatic carbocycles. The van der Waals surface area contributed by atoms with Gasteiger partial charge in [0, 0.05) is 18.6 Å². The summed E-state index contributed by atoms with van der Waals surface area (Å²) in [4.78, 5) is 2.53. The van der Waals surface area contributed by atoms with Crippen molar-refractivity contribution in [2.24, 2.45) is 5.73 Å². The lowest BCUT2D eigenvalue weighted by molar-refractivity contribution is 0.216. The SMILES string of the molecule is N[C@@H](c1ccccc1)[C@@H]1CCCN1Cc1ccccc1. The molecule has 1 heterocycles. The third-order valence-corrected chi connectivity index (χ3v) is 4.24. The Labute approximate surface area is 121 Å². The van der Waals surface area contributed by atoms with Crippen LogP contribution in [0.15, 0.2) is 60.7 Å². The van der Waals surface area contributed by atoms with E-state index in [1.54, 1.807) is 0 Å². The lowest BCUT2D eigenvalue weighted by atomic mass is 9.98. The first-order chi connectivity index (χ1) is 9.84. The average Bonchev–Trinajstić information content (AvgIpc) is 2.96. The van der Waals surface area contributed by atoms with E-state index in [-0.39, 0.29) is 6.04 Å². The first-order valence-electron chi connectivity index (χ1n) is 7.43. The molecule has 20 heavy (non-hydrogen) atoms. The third kappa shape index (κ3) is 2.92. The first kappa shape index (κ1) is 13.3. The zero-order valence-corrected chi connectivity index (χ0v) is 11.8. The van der Waals surface area contributed by atoms with E-state index < -0.39 is 0 Å². The predicted molar refractivity (Wildman–Crippen MR) is 83.2 cm³/mol. The van der Waals surface area contributed by atoms with Crippen LogP contribution in [-0.2, 0) is 6.54 Å². The fourth-order valence-corrected chi connectivity index (χ4v) is 3.17. The highest BCUT2D eigenvalue weighted by Gasteiger charge is 2.30. The Hall–Kier alpha value is -1.64. The molecule has 1 fully saturated rings. The predicted octanol–water partition coefficient (Wildman–Crippen LogP) is 3.35. The highest BCUT2D eigenvalue weighted by molar-refractivity contribution is 5.21. The molecule has 2 heteroatoms. The highest BCUT2D eigenvalue weighted by Crippen LogP contribution is 2.28. The first-order valence-corrected chi connectivity index (χ1v) is 7.43. The maximum atomic E-state index is 6.50. The fourth-order valence-electron chi connectivity index (χ4n) is 3.17. The Kier molecular flexibility index (Phi) is 4.14. The van der Waals surface area contributed by atoms with E-state index >= 15 is 0 Å². The second kappa shape index (κ2) is 6.21. The van der Waals surface area contributed by atoms with Crippen molar-refractivity contribution >= 4 is 0 Å². The zero-order valence-electron chi connectivity index (χ0n) is 11.8. The van der Waals surface area contributed by atoms with Crippen LogP contribution in [0.5, 0.6) is 0 Å². The van der Waals surface area contributed by atoms with E-state index in [0.717, 1.165) is 13.1 Å². The zero-order chi connectivity index (χ0) is 13.8. The summed E-state index contributed by atoms with van der Waals surface area (Å²) in [6.45, 7) is 2.16. The van der Waals surface area contributed by atoms with Gasteiger partial charge < -0.3 is 5.73 Å².